The minimum absolute atomic E-state index is 0.00772. The van der Waals surface area contributed by atoms with Crippen LogP contribution in [-0.2, 0) is 9.53 Å². The predicted octanol–water partition coefficient (Wildman–Crippen LogP) is 0.260. The van der Waals surface area contributed by atoms with Gasteiger partial charge in [-0.05, 0) is 33.9 Å². The highest BCUT2D eigenvalue weighted by Gasteiger charge is 2.31. The van der Waals surface area contributed by atoms with Crippen molar-refractivity contribution in [3.63, 3.8) is 0 Å². The molecule has 110 valence electrons. The average Bonchev–Trinajstić information content (AvgIpc) is 2.90. The normalized spacial score (nSPS) is 26.9. The molecule has 0 unspecified atom stereocenters. The maximum absolute atomic E-state index is 12.4. The molecule has 0 N–H and O–H groups in total. The summed E-state index contributed by atoms with van der Waals surface area (Å²) < 4.78 is 5.77. The van der Waals surface area contributed by atoms with Gasteiger partial charge in [-0.1, -0.05) is 0 Å². The van der Waals surface area contributed by atoms with E-state index < -0.39 is 0 Å². The highest BCUT2D eigenvalue weighted by Crippen LogP contribution is 2.15. The third-order valence-corrected chi connectivity index (χ3v) is 4.06. The predicted molar refractivity (Wildman–Crippen MR) is 75.1 cm³/mol. The Hall–Kier alpha value is -0.650. The zero-order chi connectivity index (χ0) is 13.8. The second-order valence-corrected chi connectivity index (χ2v) is 5.96. The lowest BCUT2D eigenvalue weighted by atomic mass is 10.2. The molecule has 0 aromatic rings. The van der Waals surface area contributed by atoms with Crippen molar-refractivity contribution in [3.8, 4) is 0 Å². The molecule has 0 radical (unpaired) electrons. The number of carbonyl (C=O) groups is 1. The first-order chi connectivity index (χ1) is 9.08. The summed E-state index contributed by atoms with van der Waals surface area (Å²) in [5.41, 5.74) is 0. The molecule has 0 aromatic carbocycles. The number of carbonyl (C=O) groups excluding carboxylic acids is 1. The Morgan fingerprint density at radius 2 is 2.00 bits per heavy atom. The lowest BCUT2D eigenvalue weighted by Gasteiger charge is -2.38. The number of hydrogen-bond acceptors (Lipinski definition) is 4. The summed E-state index contributed by atoms with van der Waals surface area (Å²) >= 11 is 0. The fraction of sp³-hybridized carbons (Fsp3) is 0.929. The Balaban J connectivity index is 1.87. The molecule has 0 spiro atoms. The molecule has 2 rings (SSSR count). The largest absolute Gasteiger partial charge is 0.374 e. The fourth-order valence-corrected chi connectivity index (χ4v) is 2.97. The quantitative estimate of drug-likeness (QED) is 0.733. The van der Waals surface area contributed by atoms with E-state index in [4.69, 9.17) is 4.74 Å². The van der Waals surface area contributed by atoms with Crippen LogP contribution in [0.4, 0.5) is 0 Å². The van der Waals surface area contributed by atoms with E-state index in [2.05, 4.69) is 23.9 Å². The van der Waals surface area contributed by atoms with E-state index in [1.807, 2.05) is 11.8 Å². The van der Waals surface area contributed by atoms with Crippen molar-refractivity contribution in [2.45, 2.75) is 31.9 Å². The first-order valence-electron chi connectivity index (χ1n) is 7.37. The number of ether oxygens (including phenoxy) is 1. The molecule has 5 heteroatoms. The van der Waals surface area contributed by atoms with Gasteiger partial charge >= 0.3 is 0 Å². The van der Waals surface area contributed by atoms with Crippen molar-refractivity contribution in [2.24, 2.45) is 0 Å². The maximum atomic E-state index is 12.4. The molecule has 19 heavy (non-hydrogen) atoms. The van der Waals surface area contributed by atoms with Gasteiger partial charge < -0.3 is 14.5 Å². The van der Waals surface area contributed by atoms with Gasteiger partial charge in [0.1, 0.15) is 0 Å². The zero-order valence-electron chi connectivity index (χ0n) is 12.5. The summed E-state index contributed by atoms with van der Waals surface area (Å²) in [6.45, 7) is 7.29. The van der Waals surface area contributed by atoms with E-state index in [0.29, 0.717) is 5.91 Å². The molecule has 0 bridgehead atoms. The SMILES string of the molecule is C[C@H](C(=O)N1CCCC1)N1CCO[C@@H](CN(C)C)C1. The van der Waals surface area contributed by atoms with Gasteiger partial charge in [-0.15, -0.1) is 0 Å². The number of amides is 1. The van der Waals surface area contributed by atoms with Crippen LogP contribution in [0, 0.1) is 0 Å². The number of morpholine rings is 1. The van der Waals surface area contributed by atoms with Gasteiger partial charge in [0, 0.05) is 32.7 Å². The molecule has 1 amide bonds. The van der Waals surface area contributed by atoms with Crippen LogP contribution < -0.4 is 0 Å². The highest BCUT2D eigenvalue weighted by molar-refractivity contribution is 5.81. The van der Waals surface area contributed by atoms with Gasteiger partial charge in [0.25, 0.3) is 0 Å². The summed E-state index contributed by atoms with van der Waals surface area (Å²) in [4.78, 5) is 18.8. The molecule has 2 heterocycles. The lowest BCUT2D eigenvalue weighted by Crippen LogP contribution is -2.54. The Bertz CT molecular complexity index is 303. The summed E-state index contributed by atoms with van der Waals surface area (Å²) in [7, 11) is 4.11. The first-order valence-corrected chi connectivity index (χ1v) is 7.37. The molecular formula is C14H27N3O2. The second kappa shape index (κ2) is 6.68. The van der Waals surface area contributed by atoms with Crippen molar-refractivity contribution < 1.29 is 9.53 Å². The van der Waals surface area contributed by atoms with E-state index in [1.54, 1.807) is 0 Å². The van der Waals surface area contributed by atoms with Crippen LogP contribution >= 0.6 is 0 Å². The topological polar surface area (TPSA) is 36.0 Å². The first kappa shape index (κ1) is 14.8. The van der Waals surface area contributed by atoms with E-state index in [-0.39, 0.29) is 12.1 Å². The molecule has 2 aliphatic rings. The number of likely N-dealkylation sites (N-methyl/N-ethyl adjacent to an activating group) is 1. The van der Waals surface area contributed by atoms with E-state index in [0.717, 1.165) is 52.2 Å². The van der Waals surface area contributed by atoms with E-state index in [1.165, 1.54) is 0 Å². The molecule has 5 nitrogen and oxygen atoms in total. The van der Waals surface area contributed by atoms with Gasteiger partial charge in [0.05, 0.1) is 18.8 Å². The van der Waals surface area contributed by atoms with Gasteiger partial charge in [-0.2, -0.15) is 0 Å². The standard InChI is InChI=1S/C14H27N3O2/c1-12(14(18)16-6-4-5-7-16)17-8-9-19-13(11-17)10-15(2)3/h12-13H,4-11H2,1-3H3/t12-,13+/m1/s1. The van der Waals surface area contributed by atoms with Gasteiger partial charge in [-0.25, -0.2) is 0 Å². The van der Waals surface area contributed by atoms with E-state index >= 15 is 0 Å². The fourth-order valence-electron chi connectivity index (χ4n) is 2.97. The third kappa shape index (κ3) is 3.91. The smallest absolute Gasteiger partial charge is 0.239 e. The third-order valence-electron chi connectivity index (χ3n) is 4.06. The van der Waals surface area contributed by atoms with Gasteiger partial charge in [0.15, 0.2) is 0 Å². The number of hydrogen-bond donors (Lipinski definition) is 0. The zero-order valence-corrected chi connectivity index (χ0v) is 12.5. The Morgan fingerprint density at radius 3 is 2.63 bits per heavy atom. The Morgan fingerprint density at radius 1 is 1.32 bits per heavy atom. The van der Waals surface area contributed by atoms with E-state index in [9.17, 15) is 4.79 Å². The second-order valence-electron chi connectivity index (χ2n) is 5.96. The van der Waals surface area contributed by atoms with Crippen molar-refractivity contribution in [1.82, 2.24) is 14.7 Å². The van der Waals surface area contributed by atoms with Crippen LogP contribution in [0.5, 0.6) is 0 Å². The molecule has 0 aromatic heterocycles. The van der Waals surface area contributed by atoms with Gasteiger partial charge in [-0.3, -0.25) is 9.69 Å². The summed E-state index contributed by atoms with van der Waals surface area (Å²) in [5, 5.41) is 0. The highest BCUT2D eigenvalue weighted by atomic mass is 16.5. The number of rotatable bonds is 4. The monoisotopic (exact) mass is 269 g/mol. The molecule has 2 fully saturated rings. The maximum Gasteiger partial charge on any atom is 0.239 e. The molecule has 2 saturated heterocycles. The molecular weight excluding hydrogens is 242 g/mol. The minimum Gasteiger partial charge on any atom is -0.374 e. The van der Waals surface area contributed by atoms with Crippen molar-refractivity contribution in [2.75, 3.05) is 53.4 Å². The molecule has 0 aliphatic carbocycles. The van der Waals surface area contributed by atoms with Gasteiger partial charge in [0.2, 0.25) is 5.91 Å². The number of likely N-dealkylation sites (tertiary alicyclic amines) is 1. The summed E-state index contributed by atoms with van der Waals surface area (Å²) in [6, 6.07) is -0.00772. The number of nitrogens with zero attached hydrogens (tertiary/aromatic N) is 3. The van der Waals surface area contributed by atoms with Crippen molar-refractivity contribution in [3.05, 3.63) is 0 Å². The average molecular weight is 269 g/mol. The van der Waals surface area contributed by atoms with Crippen LogP contribution in [0.2, 0.25) is 0 Å². The molecule has 2 aliphatic heterocycles. The molecule has 0 saturated carbocycles. The van der Waals surface area contributed by atoms with Crippen LogP contribution in [0.3, 0.4) is 0 Å². The Kier molecular flexibility index (Phi) is 5.19. The van der Waals surface area contributed by atoms with Crippen LogP contribution in [-0.4, -0.2) is 86.2 Å². The van der Waals surface area contributed by atoms with Crippen molar-refractivity contribution >= 4 is 5.91 Å². The minimum atomic E-state index is -0.00772. The van der Waals surface area contributed by atoms with Crippen LogP contribution in [0.25, 0.3) is 0 Å². The lowest BCUT2D eigenvalue weighted by molar-refractivity contribution is -0.138. The molecule has 2 atom stereocenters. The Labute approximate surface area is 116 Å². The van der Waals surface area contributed by atoms with Crippen LogP contribution in [0.15, 0.2) is 0 Å². The van der Waals surface area contributed by atoms with Crippen LogP contribution in [0.1, 0.15) is 19.8 Å². The summed E-state index contributed by atoms with van der Waals surface area (Å²) in [6.07, 6.45) is 2.54. The summed E-state index contributed by atoms with van der Waals surface area (Å²) in [5.74, 6) is 0.294. The van der Waals surface area contributed by atoms with Crippen molar-refractivity contribution in [1.29, 1.82) is 0 Å².